The fourth-order valence-electron chi connectivity index (χ4n) is 8.68. The minimum atomic E-state index is -1.93. The molecule has 0 aromatic heterocycles. The van der Waals surface area contributed by atoms with Crippen molar-refractivity contribution in [2.24, 2.45) is 0 Å². The molecular formula is C61H104O12. The van der Waals surface area contributed by atoms with E-state index in [0.717, 1.165) is 64.2 Å². The van der Waals surface area contributed by atoms with Crippen LogP contribution in [-0.4, -0.2) is 89.2 Å². The molecule has 0 radical (unpaired) electrons. The number of hydrogen-bond acceptors (Lipinski definition) is 11. The van der Waals surface area contributed by atoms with Gasteiger partial charge >= 0.3 is 23.9 Å². The van der Waals surface area contributed by atoms with Crippen molar-refractivity contribution in [3.05, 3.63) is 60.8 Å². The number of aliphatic carboxylic acids is 1. The zero-order valence-corrected chi connectivity index (χ0v) is 46.1. The molecule has 1 aliphatic heterocycles. The smallest absolute Gasteiger partial charge is 0.335 e. The summed E-state index contributed by atoms with van der Waals surface area (Å²) in [5, 5.41) is 31.4. The molecule has 6 atom stereocenters. The number of carbonyl (C=O) groups is 4. The predicted octanol–water partition coefficient (Wildman–Crippen LogP) is 14.8. The molecule has 1 rings (SSSR count). The Morgan fingerprint density at radius 1 is 0.466 bits per heavy atom. The zero-order valence-electron chi connectivity index (χ0n) is 46.1. The van der Waals surface area contributed by atoms with E-state index in [0.29, 0.717) is 19.3 Å². The van der Waals surface area contributed by atoms with E-state index < -0.39 is 67.3 Å². The van der Waals surface area contributed by atoms with Crippen molar-refractivity contribution in [1.82, 2.24) is 0 Å². The van der Waals surface area contributed by atoms with E-state index >= 15 is 0 Å². The van der Waals surface area contributed by atoms with Crippen LogP contribution in [0.3, 0.4) is 0 Å². The Hall–Kier alpha value is -3.58. The second-order valence-electron chi connectivity index (χ2n) is 19.9. The predicted molar refractivity (Wildman–Crippen MR) is 294 cm³/mol. The van der Waals surface area contributed by atoms with Gasteiger partial charge in [-0.25, -0.2) is 4.79 Å². The van der Waals surface area contributed by atoms with Gasteiger partial charge in [0.15, 0.2) is 24.6 Å². The zero-order chi connectivity index (χ0) is 53.3. The van der Waals surface area contributed by atoms with Crippen LogP contribution in [0.15, 0.2) is 60.8 Å². The first-order chi connectivity index (χ1) is 35.6. The van der Waals surface area contributed by atoms with Crippen LogP contribution in [0.1, 0.15) is 252 Å². The first kappa shape index (κ1) is 67.4. The quantitative estimate of drug-likeness (QED) is 0.0228. The van der Waals surface area contributed by atoms with Gasteiger partial charge in [-0.15, -0.1) is 0 Å². The monoisotopic (exact) mass is 1030 g/mol. The average molecular weight is 1030 g/mol. The highest BCUT2D eigenvalue weighted by molar-refractivity contribution is 5.74. The van der Waals surface area contributed by atoms with E-state index in [4.69, 9.17) is 23.7 Å². The SMILES string of the molecule is CC/C=C\C/C=C\C/C=C\C/C=C\C/C=C\CC(=O)OC1C(OCC(COC(=O)CCCCCCCCCCCCCCCCC)OC(=O)CCCCCCCCCCCCCCC)OC(C(=O)O)C(O)C1O. The third kappa shape index (κ3) is 39.5. The van der Waals surface area contributed by atoms with E-state index in [9.17, 15) is 34.5 Å². The summed E-state index contributed by atoms with van der Waals surface area (Å²) in [6.07, 6.45) is 47.9. The van der Waals surface area contributed by atoms with Crippen molar-refractivity contribution in [2.75, 3.05) is 13.2 Å². The summed E-state index contributed by atoms with van der Waals surface area (Å²) in [6, 6.07) is 0. The van der Waals surface area contributed by atoms with Gasteiger partial charge in [0.05, 0.1) is 13.0 Å². The van der Waals surface area contributed by atoms with Crippen molar-refractivity contribution in [3.63, 3.8) is 0 Å². The largest absolute Gasteiger partial charge is 0.479 e. The number of rotatable bonds is 49. The molecule has 0 bridgehead atoms. The first-order valence-electron chi connectivity index (χ1n) is 29.3. The van der Waals surface area contributed by atoms with E-state index in [-0.39, 0.29) is 25.9 Å². The number of aliphatic hydroxyl groups is 2. The Bertz CT molecular complexity index is 1500. The van der Waals surface area contributed by atoms with Crippen molar-refractivity contribution >= 4 is 23.9 Å². The summed E-state index contributed by atoms with van der Waals surface area (Å²) in [6.45, 7) is 5.85. The van der Waals surface area contributed by atoms with E-state index in [1.165, 1.54) is 128 Å². The van der Waals surface area contributed by atoms with Crippen LogP contribution in [0, 0.1) is 0 Å². The Kier molecular flexibility index (Phi) is 45.5. The van der Waals surface area contributed by atoms with Gasteiger partial charge < -0.3 is 39.0 Å². The second kappa shape index (κ2) is 49.3. The molecule has 6 unspecified atom stereocenters. The molecule has 1 fully saturated rings. The highest BCUT2D eigenvalue weighted by Crippen LogP contribution is 2.26. The lowest BCUT2D eigenvalue weighted by atomic mass is 9.98. The van der Waals surface area contributed by atoms with E-state index in [1.807, 2.05) is 12.2 Å². The maximum atomic E-state index is 13.1. The molecule has 0 aromatic carbocycles. The van der Waals surface area contributed by atoms with Crippen LogP contribution in [0.2, 0.25) is 0 Å². The number of carboxylic acids is 1. The van der Waals surface area contributed by atoms with E-state index in [1.54, 1.807) is 12.2 Å². The maximum Gasteiger partial charge on any atom is 0.335 e. The Morgan fingerprint density at radius 2 is 0.849 bits per heavy atom. The van der Waals surface area contributed by atoms with Crippen LogP contribution in [0.4, 0.5) is 0 Å². The van der Waals surface area contributed by atoms with Gasteiger partial charge in [-0.1, -0.05) is 248 Å². The highest BCUT2D eigenvalue weighted by atomic mass is 16.7. The molecule has 0 saturated carbocycles. The summed E-state index contributed by atoms with van der Waals surface area (Å²) in [5.41, 5.74) is 0. The molecule has 12 heteroatoms. The number of allylic oxidation sites excluding steroid dienone is 9. The molecule has 12 nitrogen and oxygen atoms in total. The summed E-state index contributed by atoms with van der Waals surface area (Å²) in [5.74, 6) is -3.26. The normalized spacial score (nSPS) is 18.7. The number of carbonyl (C=O) groups excluding carboxylic acids is 3. The fraction of sp³-hybridized carbons (Fsp3) is 0.770. The molecule has 0 amide bonds. The molecular weight excluding hydrogens is 925 g/mol. The highest BCUT2D eigenvalue weighted by Gasteiger charge is 2.50. The van der Waals surface area contributed by atoms with Crippen LogP contribution >= 0.6 is 0 Å². The Labute approximate surface area is 443 Å². The van der Waals surface area contributed by atoms with Crippen LogP contribution in [0.25, 0.3) is 0 Å². The Morgan fingerprint density at radius 3 is 1.26 bits per heavy atom. The molecule has 420 valence electrons. The van der Waals surface area contributed by atoms with Gasteiger partial charge in [-0.2, -0.15) is 0 Å². The fourth-order valence-corrected chi connectivity index (χ4v) is 8.68. The number of hydrogen-bond donors (Lipinski definition) is 3. The third-order valence-corrected chi connectivity index (χ3v) is 13.1. The summed E-state index contributed by atoms with van der Waals surface area (Å²) >= 11 is 0. The van der Waals surface area contributed by atoms with E-state index in [2.05, 4.69) is 57.2 Å². The van der Waals surface area contributed by atoms with Crippen LogP contribution < -0.4 is 0 Å². The summed E-state index contributed by atoms with van der Waals surface area (Å²) < 4.78 is 28.3. The number of carboxylic acid groups (broad SMARTS) is 1. The van der Waals surface area contributed by atoms with Crippen molar-refractivity contribution in [1.29, 1.82) is 0 Å². The van der Waals surface area contributed by atoms with Crippen molar-refractivity contribution < 1.29 is 58.2 Å². The van der Waals surface area contributed by atoms with Crippen LogP contribution in [0.5, 0.6) is 0 Å². The maximum absolute atomic E-state index is 13.1. The minimum Gasteiger partial charge on any atom is -0.479 e. The van der Waals surface area contributed by atoms with Gasteiger partial charge in [0, 0.05) is 12.8 Å². The third-order valence-electron chi connectivity index (χ3n) is 13.1. The molecule has 0 aromatic rings. The number of esters is 3. The van der Waals surface area contributed by atoms with Crippen molar-refractivity contribution in [3.8, 4) is 0 Å². The van der Waals surface area contributed by atoms with Gasteiger partial charge in [0.1, 0.15) is 18.8 Å². The summed E-state index contributed by atoms with van der Waals surface area (Å²) in [7, 11) is 0. The van der Waals surface area contributed by atoms with Gasteiger partial charge in [0.25, 0.3) is 0 Å². The Balaban J connectivity index is 2.74. The lowest BCUT2D eigenvalue weighted by Crippen LogP contribution is -2.61. The topological polar surface area (TPSA) is 175 Å². The van der Waals surface area contributed by atoms with Crippen LogP contribution in [-0.2, 0) is 42.9 Å². The molecule has 0 spiro atoms. The second-order valence-corrected chi connectivity index (χ2v) is 19.9. The minimum absolute atomic E-state index is 0.156. The molecule has 73 heavy (non-hydrogen) atoms. The standard InChI is InChI=1S/C61H104O12/c1-4-7-10-13-16-19-22-25-27-30-32-35-38-41-44-47-53(62)69-50-52(71-54(63)48-45-42-39-36-33-29-24-21-18-15-12-9-6-3)51-70-61-59(57(66)56(65)58(73-61)60(67)68)72-55(64)49-46-43-40-37-34-31-28-26-23-20-17-14-11-8-5-2/h8,11,17,20,26,28,34,37,43,46,52,56-59,61,65-66H,4-7,9-10,12-16,18-19,21-25,27,29-33,35-36,38-42,44-45,47-51H2,1-3H3,(H,67,68)/b11-8-,20-17-,28-26-,37-34-,46-43-. The number of aliphatic hydroxyl groups excluding tert-OH is 2. The van der Waals surface area contributed by atoms with Gasteiger partial charge in [-0.05, 0) is 44.9 Å². The van der Waals surface area contributed by atoms with Gasteiger partial charge in [0.2, 0.25) is 0 Å². The summed E-state index contributed by atoms with van der Waals surface area (Å²) in [4.78, 5) is 51.0. The lowest BCUT2D eigenvalue weighted by molar-refractivity contribution is -0.301. The van der Waals surface area contributed by atoms with Gasteiger partial charge in [-0.3, -0.25) is 14.4 Å². The van der Waals surface area contributed by atoms with Crippen molar-refractivity contribution in [2.45, 2.75) is 289 Å². The molecule has 1 saturated heterocycles. The molecule has 1 aliphatic rings. The average Bonchev–Trinajstić information content (AvgIpc) is 3.37. The lowest BCUT2D eigenvalue weighted by Gasteiger charge is -2.40. The molecule has 0 aliphatic carbocycles. The molecule has 1 heterocycles. The number of unbranched alkanes of at least 4 members (excludes halogenated alkanes) is 26. The molecule has 3 N–H and O–H groups in total. The number of ether oxygens (including phenoxy) is 5. The first-order valence-corrected chi connectivity index (χ1v) is 29.3.